The molecule has 0 spiro atoms. The summed E-state index contributed by atoms with van der Waals surface area (Å²) in [6.07, 6.45) is 1.93. The molecule has 2 fully saturated rings. The molecular weight excluding hydrogens is 204 g/mol. The molecule has 0 aromatic rings. The lowest BCUT2D eigenvalue weighted by Gasteiger charge is -2.19. The van der Waals surface area contributed by atoms with Crippen LogP contribution >= 0.6 is 0 Å². The highest BCUT2D eigenvalue weighted by atomic mass is 16.5. The second-order valence-electron chi connectivity index (χ2n) is 5.12. The quantitative estimate of drug-likeness (QED) is 0.761. The Kier molecular flexibility index (Phi) is 3.82. The first-order valence-electron chi connectivity index (χ1n) is 6.29. The predicted molar refractivity (Wildman–Crippen MR) is 61.8 cm³/mol. The van der Waals surface area contributed by atoms with Crippen LogP contribution in [-0.2, 0) is 9.53 Å². The Morgan fingerprint density at radius 2 is 2.31 bits per heavy atom. The van der Waals surface area contributed by atoms with Crippen molar-refractivity contribution >= 4 is 5.91 Å². The van der Waals surface area contributed by atoms with E-state index in [0.29, 0.717) is 24.3 Å². The van der Waals surface area contributed by atoms with E-state index in [1.807, 2.05) is 4.90 Å². The van der Waals surface area contributed by atoms with Crippen molar-refractivity contribution in [2.75, 3.05) is 32.8 Å². The van der Waals surface area contributed by atoms with Crippen LogP contribution in [0, 0.1) is 17.8 Å². The molecule has 4 heteroatoms. The maximum Gasteiger partial charge on any atom is 0.228 e. The van der Waals surface area contributed by atoms with Crippen LogP contribution in [0.15, 0.2) is 0 Å². The van der Waals surface area contributed by atoms with Crippen molar-refractivity contribution < 1.29 is 9.53 Å². The zero-order valence-corrected chi connectivity index (χ0v) is 10.0. The molecule has 1 amide bonds. The molecule has 0 radical (unpaired) electrons. The van der Waals surface area contributed by atoms with Crippen LogP contribution in [0.1, 0.15) is 19.8 Å². The zero-order valence-electron chi connectivity index (χ0n) is 10.0. The van der Waals surface area contributed by atoms with Crippen LogP contribution in [-0.4, -0.2) is 43.7 Å². The molecule has 0 saturated carbocycles. The minimum Gasteiger partial charge on any atom is -0.381 e. The number of amides is 1. The molecule has 1 unspecified atom stereocenters. The van der Waals surface area contributed by atoms with Crippen LogP contribution in [0.5, 0.6) is 0 Å². The molecule has 2 heterocycles. The van der Waals surface area contributed by atoms with Crippen LogP contribution in [0.2, 0.25) is 0 Å². The summed E-state index contributed by atoms with van der Waals surface area (Å²) in [4.78, 5) is 14.2. The highest BCUT2D eigenvalue weighted by Gasteiger charge is 2.35. The minimum absolute atomic E-state index is 0.115. The van der Waals surface area contributed by atoms with E-state index < -0.39 is 0 Å². The fraction of sp³-hybridized carbons (Fsp3) is 0.917. The molecule has 2 N–H and O–H groups in total. The number of rotatable bonds is 3. The van der Waals surface area contributed by atoms with Gasteiger partial charge in [-0.05, 0) is 31.2 Å². The first-order valence-corrected chi connectivity index (χ1v) is 6.29. The molecule has 2 aliphatic rings. The van der Waals surface area contributed by atoms with Crippen LogP contribution < -0.4 is 5.73 Å². The average molecular weight is 226 g/mol. The minimum atomic E-state index is 0.115. The lowest BCUT2D eigenvalue weighted by atomic mass is 9.95. The molecule has 0 aromatic heterocycles. The van der Waals surface area contributed by atoms with Crippen molar-refractivity contribution in [3.8, 4) is 0 Å². The van der Waals surface area contributed by atoms with Gasteiger partial charge in [-0.3, -0.25) is 4.79 Å². The summed E-state index contributed by atoms with van der Waals surface area (Å²) in [6.45, 7) is 6.10. The first-order chi connectivity index (χ1) is 7.72. The number of ether oxygens (including phenoxy) is 1. The Bertz CT molecular complexity index is 251. The van der Waals surface area contributed by atoms with E-state index in [9.17, 15) is 4.79 Å². The maximum atomic E-state index is 12.2. The number of hydrogen-bond acceptors (Lipinski definition) is 3. The van der Waals surface area contributed by atoms with Crippen molar-refractivity contribution in [2.24, 2.45) is 23.5 Å². The maximum absolute atomic E-state index is 12.2. The Morgan fingerprint density at radius 1 is 1.50 bits per heavy atom. The fourth-order valence-electron chi connectivity index (χ4n) is 2.79. The predicted octanol–water partition coefficient (Wildman–Crippen LogP) is 0.466. The zero-order chi connectivity index (χ0) is 11.5. The van der Waals surface area contributed by atoms with E-state index >= 15 is 0 Å². The Labute approximate surface area is 97.1 Å². The van der Waals surface area contributed by atoms with Crippen LogP contribution in [0.3, 0.4) is 0 Å². The van der Waals surface area contributed by atoms with E-state index in [0.717, 1.165) is 39.1 Å². The number of nitrogens with two attached hydrogens (primary N) is 1. The number of hydrogen-bond donors (Lipinski definition) is 1. The molecule has 2 saturated heterocycles. The van der Waals surface area contributed by atoms with Gasteiger partial charge in [-0.15, -0.1) is 0 Å². The lowest BCUT2D eigenvalue weighted by molar-refractivity contribution is -0.134. The molecular formula is C12H22N2O2. The van der Waals surface area contributed by atoms with E-state index in [4.69, 9.17) is 10.5 Å². The summed E-state index contributed by atoms with van der Waals surface area (Å²) in [5.74, 6) is 1.60. The standard InChI is InChI=1S/C12H22N2O2/c1-9-6-14(7-10(9)2-4-13)12(15)11-3-5-16-8-11/h9-11H,2-8,13H2,1H3/t9-,10-,11?/m1/s1. The summed E-state index contributed by atoms with van der Waals surface area (Å²) < 4.78 is 5.27. The monoisotopic (exact) mass is 226 g/mol. The van der Waals surface area contributed by atoms with E-state index in [2.05, 4.69) is 6.92 Å². The van der Waals surface area contributed by atoms with Crippen molar-refractivity contribution in [3.05, 3.63) is 0 Å². The third-order valence-corrected chi connectivity index (χ3v) is 3.90. The number of carbonyl (C=O) groups excluding carboxylic acids is 1. The summed E-state index contributed by atoms with van der Waals surface area (Å²) in [5, 5.41) is 0. The normalized spacial score (nSPS) is 34.6. The molecule has 0 bridgehead atoms. The number of likely N-dealkylation sites (tertiary alicyclic amines) is 1. The van der Waals surface area contributed by atoms with Gasteiger partial charge in [0.15, 0.2) is 0 Å². The highest BCUT2D eigenvalue weighted by Crippen LogP contribution is 2.27. The molecule has 2 aliphatic heterocycles. The summed E-state index contributed by atoms with van der Waals surface area (Å²) in [7, 11) is 0. The van der Waals surface area contributed by atoms with Gasteiger partial charge >= 0.3 is 0 Å². The molecule has 0 aliphatic carbocycles. The SMILES string of the molecule is C[C@@H]1CN(C(=O)C2CCOC2)C[C@H]1CCN. The fourth-order valence-corrected chi connectivity index (χ4v) is 2.79. The summed E-state index contributed by atoms with van der Waals surface area (Å²) in [6, 6.07) is 0. The lowest BCUT2D eigenvalue weighted by Crippen LogP contribution is -2.35. The van der Waals surface area contributed by atoms with Crippen molar-refractivity contribution in [3.63, 3.8) is 0 Å². The summed E-state index contributed by atoms with van der Waals surface area (Å²) >= 11 is 0. The second-order valence-corrected chi connectivity index (χ2v) is 5.12. The van der Waals surface area contributed by atoms with Gasteiger partial charge in [0, 0.05) is 19.7 Å². The first kappa shape index (κ1) is 11.9. The van der Waals surface area contributed by atoms with E-state index in [1.165, 1.54) is 0 Å². The van der Waals surface area contributed by atoms with E-state index in [-0.39, 0.29) is 5.92 Å². The topological polar surface area (TPSA) is 55.6 Å². The molecule has 3 atom stereocenters. The third kappa shape index (κ3) is 2.38. The Hall–Kier alpha value is -0.610. The molecule has 2 rings (SSSR count). The van der Waals surface area contributed by atoms with Gasteiger partial charge in [0.2, 0.25) is 5.91 Å². The molecule has 16 heavy (non-hydrogen) atoms. The van der Waals surface area contributed by atoms with Crippen molar-refractivity contribution in [1.82, 2.24) is 4.90 Å². The Balaban J connectivity index is 1.88. The molecule has 4 nitrogen and oxygen atoms in total. The van der Waals surface area contributed by atoms with Crippen molar-refractivity contribution in [2.45, 2.75) is 19.8 Å². The van der Waals surface area contributed by atoms with Crippen LogP contribution in [0.25, 0.3) is 0 Å². The average Bonchev–Trinajstić information content (AvgIpc) is 2.88. The van der Waals surface area contributed by atoms with Gasteiger partial charge in [-0.25, -0.2) is 0 Å². The smallest absolute Gasteiger partial charge is 0.228 e. The van der Waals surface area contributed by atoms with Gasteiger partial charge in [-0.1, -0.05) is 6.92 Å². The molecule has 0 aromatic carbocycles. The second kappa shape index (κ2) is 5.15. The van der Waals surface area contributed by atoms with Gasteiger partial charge in [0.1, 0.15) is 0 Å². The number of nitrogens with zero attached hydrogens (tertiary/aromatic N) is 1. The molecule has 92 valence electrons. The Morgan fingerprint density at radius 3 is 2.94 bits per heavy atom. The largest absolute Gasteiger partial charge is 0.381 e. The van der Waals surface area contributed by atoms with Crippen LogP contribution in [0.4, 0.5) is 0 Å². The van der Waals surface area contributed by atoms with Crippen molar-refractivity contribution in [1.29, 1.82) is 0 Å². The third-order valence-electron chi connectivity index (χ3n) is 3.90. The number of carbonyl (C=O) groups is 1. The van der Waals surface area contributed by atoms with Gasteiger partial charge in [0.05, 0.1) is 12.5 Å². The van der Waals surface area contributed by atoms with E-state index in [1.54, 1.807) is 0 Å². The van der Waals surface area contributed by atoms with Gasteiger partial charge in [0.25, 0.3) is 0 Å². The summed E-state index contributed by atoms with van der Waals surface area (Å²) in [5.41, 5.74) is 5.59. The highest BCUT2D eigenvalue weighted by molar-refractivity contribution is 5.79. The van der Waals surface area contributed by atoms with Gasteiger partial charge in [-0.2, -0.15) is 0 Å². The van der Waals surface area contributed by atoms with Gasteiger partial charge < -0.3 is 15.4 Å².